The molecule has 18 heavy (non-hydrogen) atoms. The van der Waals surface area contributed by atoms with Gasteiger partial charge in [0.2, 0.25) is 0 Å². The molecule has 1 heterocycles. The first-order valence-electron chi connectivity index (χ1n) is 7.21. The molecule has 0 aromatic heterocycles. The first kappa shape index (κ1) is 13.4. The Hall–Kier alpha value is -1.02. The molecule has 2 rings (SSSR count). The van der Waals surface area contributed by atoms with Crippen molar-refractivity contribution in [2.24, 2.45) is 0 Å². The highest BCUT2D eigenvalue weighted by atomic mass is 16.5. The highest BCUT2D eigenvalue weighted by molar-refractivity contribution is 5.44. The first-order valence-corrected chi connectivity index (χ1v) is 7.21. The quantitative estimate of drug-likeness (QED) is 0.848. The van der Waals surface area contributed by atoms with Crippen LogP contribution >= 0.6 is 0 Å². The fraction of sp³-hybridized carbons (Fsp3) is 0.625. The second-order valence-electron chi connectivity index (χ2n) is 5.43. The van der Waals surface area contributed by atoms with Gasteiger partial charge in [0, 0.05) is 5.56 Å². The SMILES string of the molecule is CCCC1Oc2ccc(C(C)C)cc2C1NCC. The van der Waals surface area contributed by atoms with E-state index in [1.807, 2.05) is 0 Å². The Morgan fingerprint density at radius 3 is 2.67 bits per heavy atom. The summed E-state index contributed by atoms with van der Waals surface area (Å²) in [7, 11) is 0. The van der Waals surface area contributed by atoms with Gasteiger partial charge in [-0.05, 0) is 30.5 Å². The lowest BCUT2D eigenvalue weighted by Gasteiger charge is -2.19. The zero-order chi connectivity index (χ0) is 13.1. The summed E-state index contributed by atoms with van der Waals surface area (Å²) in [5, 5.41) is 3.58. The summed E-state index contributed by atoms with van der Waals surface area (Å²) in [6.07, 6.45) is 2.58. The predicted octanol–water partition coefficient (Wildman–Crippen LogP) is 4.02. The number of hydrogen-bond donors (Lipinski definition) is 1. The molecule has 2 heteroatoms. The van der Waals surface area contributed by atoms with E-state index < -0.39 is 0 Å². The van der Waals surface area contributed by atoms with E-state index in [1.165, 1.54) is 11.1 Å². The highest BCUT2D eigenvalue weighted by Gasteiger charge is 2.33. The van der Waals surface area contributed by atoms with Gasteiger partial charge in [-0.15, -0.1) is 0 Å². The normalized spacial score (nSPS) is 22.1. The van der Waals surface area contributed by atoms with Gasteiger partial charge >= 0.3 is 0 Å². The van der Waals surface area contributed by atoms with Gasteiger partial charge in [-0.1, -0.05) is 46.2 Å². The molecule has 0 aliphatic carbocycles. The Morgan fingerprint density at radius 1 is 1.28 bits per heavy atom. The van der Waals surface area contributed by atoms with Crippen LogP contribution in [0.4, 0.5) is 0 Å². The number of benzene rings is 1. The molecule has 100 valence electrons. The van der Waals surface area contributed by atoms with Crippen LogP contribution in [0.1, 0.15) is 63.6 Å². The van der Waals surface area contributed by atoms with Gasteiger partial charge in [-0.2, -0.15) is 0 Å². The van der Waals surface area contributed by atoms with E-state index in [0.717, 1.165) is 25.1 Å². The lowest BCUT2D eigenvalue weighted by molar-refractivity contribution is 0.179. The molecule has 1 N–H and O–H groups in total. The summed E-state index contributed by atoms with van der Waals surface area (Å²) in [6.45, 7) is 9.84. The van der Waals surface area contributed by atoms with Crippen molar-refractivity contribution >= 4 is 0 Å². The fourth-order valence-corrected chi connectivity index (χ4v) is 2.68. The average molecular weight is 247 g/mol. The highest BCUT2D eigenvalue weighted by Crippen LogP contribution is 2.39. The van der Waals surface area contributed by atoms with Crippen LogP contribution in [0.3, 0.4) is 0 Å². The van der Waals surface area contributed by atoms with Gasteiger partial charge in [0.05, 0.1) is 6.04 Å². The zero-order valence-electron chi connectivity index (χ0n) is 12.0. The second-order valence-corrected chi connectivity index (χ2v) is 5.43. The Bertz CT molecular complexity index is 400. The third-order valence-electron chi connectivity index (χ3n) is 3.68. The van der Waals surface area contributed by atoms with Crippen molar-refractivity contribution in [2.45, 2.75) is 58.6 Å². The van der Waals surface area contributed by atoms with Crippen LogP contribution < -0.4 is 10.1 Å². The number of ether oxygens (including phenoxy) is 1. The van der Waals surface area contributed by atoms with Crippen LogP contribution in [0.25, 0.3) is 0 Å². The Morgan fingerprint density at radius 2 is 2.06 bits per heavy atom. The molecule has 2 atom stereocenters. The third-order valence-corrected chi connectivity index (χ3v) is 3.68. The van der Waals surface area contributed by atoms with Crippen molar-refractivity contribution in [3.63, 3.8) is 0 Å². The first-order chi connectivity index (χ1) is 8.67. The van der Waals surface area contributed by atoms with E-state index in [-0.39, 0.29) is 0 Å². The van der Waals surface area contributed by atoms with Gasteiger partial charge in [0.25, 0.3) is 0 Å². The molecule has 2 unspecified atom stereocenters. The van der Waals surface area contributed by atoms with E-state index in [4.69, 9.17) is 4.74 Å². The van der Waals surface area contributed by atoms with Crippen molar-refractivity contribution in [3.8, 4) is 5.75 Å². The van der Waals surface area contributed by atoms with E-state index in [1.54, 1.807) is 0 Å². The third kappa shape index (κ3) is 2.54. The number of rotatable bonds is 5. The van der Waals surface area contributed by atoms with Gasteiger partial charge in [-0.25, -0.2) is 0 Å². The van der Waals surface area contributed by atoms with Gasteiger partial charge < -0.3 is 10.1 Å². The maximum absolute atomic E-state index is 6.08. The van der Waals surface area contributed by atoms with Crippen LogP contribution in [0.15, 0.2) is 18.2 Å². The summed E-state index contributed by atoms with van der Waals surface area (Å²) in [5.41, 5.74) is 2.75. The number of fused-ring (bicyclic) bond motifs is 1. The topological polar surface area (TPSA) is 21.3 Å². The molecule has 0 fully saturated rings. The van der Waals surface area contributed by atoms with Gasteiger partial charge in [-0.3, -0.25) is 0 Å². The number of hydrogen-bond acceptors (Lipinski definition) is 2. The Labute approximate surface area is 111 Å². The van der Waals surface area contributed by atoms with Crippen molar-refractivity contribution in [1.82, 2.24) is 5.32 Å². The summed E-state index contributed by atoms with van der Waals surface area (Å²) in [4.78, 5) is 0. The van der Waals surface area contributed by atoms with Crippen molar-refractivity contribution in [2.75, 3.05) is 6.54 Å². The minimum absolute atomic E-state index is 0.298. The molecule has 2 nitrogen and oxygen atoms in total. The molecular weight excluding hydrogens is 222 g/mol. The molecule has 0 amide bonds. The number of nitrogens with one attached hydrogen (secondary N) is 1. The fourth-order valence-electron chi connectivity index (χ4n) is 2.68. The van der Waals surface area contributed by atoms with E-state index in [0.29, 0.717) is 18.1 Å². The average Bonchev–Trinajstić information content (AvgIpc) is 2.68. The summed E-state index contributed by atoms with van der Waals surface area (Å²) < 4.78 is 6.08. The summed E-state index contributed by atoms with van der Waals surface area (Å²) >= 11 is 0. The van der Waals surface area contributed by atoms with Crippen LogP contribution in [0, 0.1) is 0 Å². The molecule has 0 saturated carbocycles. The van der Waals surface area contributed by atoms with E-state index in [2.05, 4.69) is 51.2 Å². The summed E-state index contributed by atoms with van der Waals surface area (Å²) in [5.74, 6) is 1.65. The molecule has 0 saturated heterocycles. The van der Waals surface area contributed by atoms with Gasteiger partial charge in [0.15, 0.2) is 0 Å². The van der Waals surface area contributed by atoms with E-state index >= 15 is 0 Å². The zero-order valence-corrected chi connectivity index (χ0v) is 12.0. The minimum atomic E-state index is 0.298. The van der Waals surface area contributed by atoms with Crippen LogP contribution in [0.5, 0.6) is 5.75 Å². The maximum Gasteiger partial charge on any atom is 0.124 e. The van der Waals surface area contributed by atoms with Crippen LogP contribution in [0.2, 0.25) is 0 Å². The van der Waals surface area contributed by atoms with Crippen LogP contribution in [-0.4, -0.2) is 12.6 Å². The molecule has 1 aliphatic rings. The summed E-state index contributed by atoms with van der Waals surface area (Å²) in [6, 6.07) is 7.03. The number of likely N-dealkylation sites (N-methyl/N-ethyl adjacent to an activating group) is 1. The molecule has 0 radical (unpaired) electrons. The molecule has 1 aromatic rings. The Kier molecular flexibility index (Phi) is 4.28. The maximum atomic E-state index is 6.08. The minimum Gasteiger partial charge on any atom is -0.488 e. The van der Waals surface area contributed by atoms with Crippen LogP contribution in [-0.2, 0) is 0 Å². The smallest absolute Gasteiger partial charge is 0.124 e. The molecular formula is C16H25NO. The Balaban J connectivity index is 2.29. The largest absolute Gasteiger partial charge is 0.488 e. The predicted molar refractivity (Wildman–Crippen MR) is 76.3 cm³/mol. The molecule has 0 spiro atoms. The van der Waals surface area contributed by atoms with Crippen molar-refractivity contribution in [3.05, 3.63) is 29.3 Å². The molecule has 1 aliphatic heterocycles. The van der Waals surface area contributed by atoms with Crippen molar-refractivity contribution in [1.29, 1.82) is 0 Å². The lowest BCUT2D eigenvalue weighted by atomic mass is 9.95. The van der Waals surface area contributed by atoms with Crippen molar-refractivity contribution < 1.29 is 4.74 Å². The molecule has 0 bridgehead atoms. The lowest BCUT2D eigenvalue weighted by Crippen LogP contribution is -2.30. The van der Waals surface area contributed by atoms with Gasteiger partial charge in [0.1, 0.15) is 11.9 Å². The van der Waals surface area contributed by atoms with E-state index in [9.17, 15) is 0 Å². The standard InChI is InChI=1S/C16H25NO/c1-5-7-15-16(17-6-2)13-10-12(11(3)4)8-9-14(13)18-15/h8-11,15-17H,5-7H2,1-4H3. The second kappa shape index (κ2) is 5.75. The molecule has 1 aromatic carbocycles. The monoisotopic (exact) mass is 247 g/mol.